The fourth-order valence-corrected chi connectivity index (χ4v) is 4.81. The lowest BCUT2D eigenvalue weighted by Crippen LogP contribution is -2.19. The number of amides is 2. The minimum Gasteiger partial charge on any atom is -0.325 e. The molecule has 1 heterocycles. The first kappa shape index (κ1) is 21.9. The number of hydrogen-bond acceptors (Lipinski definition) is 4. The number of carbonyl (C=O) groups excluding carboxylic acids is 2. The van der Waals surface area contributed by atoms with Crippen LogP contribution in [0.25, 0.3) is 0 Å². The Balaban J connectivity index is 1.50. The molecule has 0 aliphatic heterocycles. The maximum atomic E-state index is 13.2. The molecule has 0 bridgehead atoms. The molecule has 0 saturated carbocycles. The Morgan fingerprint density at radius 3 is 2.22 bits per heavy atom. The van der Waals surface area contributed by atoms with Crippen molar-refractivity contribution in [3.05, 3.63) is 112 Å². The highest BCUT2D eigenvalue weighted by molar-refractivity contribution is 8.00. The Kier molecular flexibility index (Phi) is 7.04. The van der Waals surface area contributed by atoms with E-state index in [1.807, 2.05) is 97.2 Å². The Hall–Kier alpha value is -3.35. The molecule has 32 heavy (non-hydrogen) atoms. The summed E-state index contributed by atoms with van der Waals surface area (Å²) in [7, 11) is 0. The van der Waals surface area contributed by atoms with Gasteiger partial charge in [-0.1, -0.05) is 54.6 Å². The fourth-order valence-electron chi connectivity index (χ4n) is 3.17. The highest BCUT2D eigenvalue weighted by Crippen LogP contribution is 2.37. The molecular formula is C26H22N2O2S2. The van der Waals surface area contributed by atoms with Gasteiger partial charge in [0.15, 0.2) is 0 Å². The van der Waals surface area contributed by atoms with E-state index in [1.165, 1.54) is 23.1 Å². The third-order valence-electron chi connectivity index (χ3n) is 4.85. The molecule has 2 amide bonds. The van der Waals surface area contributed by atoms with Gasteiger partial charge in [0.05, 0.1) is 4.88 Å². The molecule has 0 fully saturated rings. The summed E-state index contributed by atoms with van der Waals surface area (Å²) in [6.45, 7) is 1.98. The van der Waals surface area contributed by atoms with Crippen molar-refractivity contribution in [1.29, 1.82) is 0 Å². The van der Waals surface area contributed by atoms with Crippen LogP contribution in [0.4, 0.5) is 11.4 Å². The van der Waals surface area contributed by atoms with E-state index in [2.05, 4.69) is 10.6 Å². The first-order chi connectivity index (χ1) is 15.6. The van der Waals surface area contributed by atoms with E-state index >= 15 is 0 Å². The summed E-state index contributed by atoms with van der Waals surface area (Å²) >= 11 is 2.88. The SMILES string of the molecule is Cc1ccccc1NC(=O)C(Sc1ccc(NC(=O)c2cccs2)cc1)c1ccccc1. The van der Waals surface area contributed by atoms with Crippen LogP contribution in [0, 0.1) is 6.92 Å². The number of thioether (sulfide) groups is 1. The molecule has 6 heteroatoms. The van der Waals surface area contributed by atoms with E-state index in [0.717, 1.165) is 21.7 Å². The standard InChI is InChI=1S/C26H22N2O2S2/c1-18-8-5-6-11-22(18)28-26(30)24(19-9-3-2-4-10-19)32-21-15-13-20(14-16-21)27-25(29)23-12-7-17-31-23/h2-17,24H,1H3,(H,27,29)(H,28,30). The van der Waals surface area contributed by atoms with E-state index in [0.29, 0.717) is 10.6 Å². The van der Waals surface area contributed by atoms with Crippen LogP contribution in [0.15, 0.2) is 101 Å². The van der Waals surface area contributed by atoms with Crippen LogP contribution in [0.5, 0.6) is 0 Å². The van der Waals surface area contributed by atoms with E-state index in [9.17, 15) is 9.59 Å². The molecule has 4 rings (SSSR count). The quantitative estimate of drug-likeness (QED) is 0.300. The average Bonchev–Trinajstić information content (AvgIpc) is 3.36. The van der Waals surface area contributed by atoms with Crippen LogP contribution >= 0.6 is 23.1 Å². The molecule has 0 spiro atoms. The van der Waals surface area contributed by atoms with Crippen molar-refractivity contribution >= 4 is 46.3 Å². The van der Waals surface area contributed by atoms with Crippen molar-refractivity contribution in [1.82, 2.24) is 0 Å². The van der Waals surface area contributed by atoms with Gasteiger partial charge in [-0.15, -0.1) is 23.1 Å². The molecule has 0 aliphatic carbocycles. The van der Waals surface area contributed by atoms with Gasteiger partial charge in [-0.3, -0.25) is 9.59 Å². The number of hydrogen-bond donors (Lipinski definition) is 2. The molecule has 0 saturated heterocycles. The van der Waals surface area contributed by atoms with Crippen LogP contribution < -0.4 is 10.6 Å². The van der Waals surface area contributed by atoms with Gasteiger partial charge in [-0.25, -0.2) is 0 Å². The number of aryl methyl sites for hydroxylation is 1. The second-order valence-corrected chi connectivity index (χ2v) is 9.29. The highest BCUT2D eigenvalue weighted by Gasteiger charge is 2.22. The minimum absolute atomic E-state index is 0.0782. The van der Waals surface area contributed by atoms with Crippen molar-refractivity contribution in [2.45, 2.75) is 17.1 Å². The number of nitrogens with one attached hydrogen (secondary N) is 2. The largest absolute Gasteiger partial charge is 0.325 e. The third-order valence-corrected chi connectivity index (χ3v) is 6.99. The summed E-state index contributed by atoms with van der Waals surface area (Å²) in [5, 5.41) is 7.43. The minimum atomic E-state index is -0.414. The zero-order valence-corrected chi connectivity index (χ0v) is 19.1. The maximum Gasteiger partial charge on any atom is 0.265 e. The normalized spacial score (nSPS) is 11.5. The topological polar surface area (TPSA) is 58.2 Å². The monoisotopic (exact) mass is 458 g/mol. The van der Waals surface area contributed by atoms with Crippen LogP contribution in [0.2, 0.25) is 0 Å². The zero-order valence-electron chi connectivity index (χ0n) is 17.4. The number of para-hydroxylation sites is 1. The third kappa shape index (κ3) is 5.46. The van der Waals surface area contributed by atoms with Crippen molar-refractivity contribution in [2.24, 2.45) is 0 Å². The Morgan fingerprint density at radius 1 is 0.812 bits per heavy atom. The first-order valence-electron chi connectivity index (χ1n) is 10.1. The Morgan fingerprint density at radius 2 is 1.53 bits per heavy atom. The van der Waals surface area contributed by atoms with Crippen molar-refractivity contribution in [3.8, 4) is 0 Å². The lowest BCUT2D eigenvalue weighted by Gasteiger charge is -2.18. The van der Waals surface area contributed by atoms with Gasteiger partial charge in [0.1, 0.15) is 5.25 Å². The lowest BCUT2D eigenvalue weighted by atomic mass is 10.1. The van der Waals surface area contributed by atoms with E-state index < -0.39 is 5.25 Å². The van der Waals surface area contributed by atoms with Gasteiger partial charge in [0, 0.05) is 16.3 Å². The molecule has 4 nitrogen and oxygen atoms in total. The summed E-state index contributed by atoms with van der Waals surface area (Å²) < 4.78 is 0. The molecule has 1 aromatic heterocycles. The highest BCUT2D eigenvalue weighted by atomic mass is 32.2. The summed E-state index contributed by atoms with van der Waals surface area (Å²) in [5.74, 6) is -0.203. The summed E-state index contributed by atoms with van der Waals surface area (Å²) in [5.41, 5.74) is 3.47. The van der Waals surface area contributed by atoms with Gasteiger partial charge in [-0.2, -0.15) is 0 Å². The van der Waals surface area contributed by atoms with Gasteiger partial charge < -0.3 is 10.6 Å². The molecule has 0 radical (unpaired) electrons. The van der Waals surface area contributed by atoms with Crippen molar-refractivity contribution < 1.29 is 9.59 Å². The van der Waals surface area contributed by atoms with Crippen LogP contribution in [0.1, 0.15) is 26.0 Å². The van der Waals surface area contributed by atoms with E-state index in [1.54, 1.807) is 6.07 Å². The van der Waals surface area contributed by atoms with Gasteiger partial charge in [0.2, 0.25) is 5.91 Å². The van der Waals surface area contributed by atoms with Crippen LogP contribution in [-0.4, -0.2) is 11.8 Å². The number of benzene rings is 3. The number of anilines is 2. The van der Waals surface area contributed by atoms with Crippen LogP contribution in [-0.2, 0) is 4.79 Å². The van der Waals surface area contributed by atoms with Gasteiger partial charge in [0.25, 0.3) is 5.91 Å². The fraction of sp³-hybridized carbons (Fsp3) is 0.0769. The predicted octanol–water partition coefficient (Wildman–Crippen LogP) is 6.78. The lowest BCUT2D eigenvalue weighted by molar-refractivity contribution is -0.115. The molecule has 1 unspecified atom stereocenters. The van der Waals surface area contributed by atoms with Crippen LogP contribution in [0.3, 0.4) is 0 Å². The van der Waals surface area contributed by atoms with Gasteiger partial charge in [-0.05, 0) is 59.8 Å². The van der Waals surface area contributed by atoms with E-state index in [4.69, 9.17) is 0 Å². The van der Waals surface area contributed by atoms with Crippen molar-refractivity contribution in [3.63, 3.8) is 0 Å². The second-order valence-electron chi connectivity index (χ2n) is 7.17. The smallest absolute Gasteiger partial charge is 0.265 e. The first-order valence-corrected chi connectivity index (χ1v) is 11.9. The summed E-state index contributed by atoms with van der Waals surface area (Å²) in [4.78, 5) is 27.1. The second kappa shape index (κ2) is 10.3. The maximum absolute atomic E-state index is 13.2. The molecular weight excluding hydrogens is 436 g/mol. The molecule has 2 N–H and O–H groups in total. The molecule has 0 aliphatic rings. The zero-order chi connectivity index (χ0) is 22.3. The average molecular weight is 459 g/mol. The molecule has 1 atom stereocenters. The summed E-state index contributed by atoms with van der Waals surface area (Å²) in [6.07, 6.45) is 0. The van der Waals surface area contributed by atoms with E-state index in [-0.39, 0.29) is 11.8 Å². The summed E-state index contributed by atoms with van der Waals surface area (Å²) in [6, 6.07) is 28.7. The van der Waals surface area contributed by atoms with Gasteiger partial charge >= 0.3 is 0 Å². The number of thiophene rings is 1. The number of carbonyl (C=O) groups is 2. The molecule has 4 aromatic rings. The Bertz CT molecular complexity index is 1190. The van der Waals surface area contributed by atoms with Crippen molar-refractivity contribution in [2.75, 3.05) is 10.6 Å². The molecule has 160 valence electrons. The number of rotatable bonds is 7. The predicted molar refractivity (Wildman–Crippen MR) is 134 cm³/mol. The molecule has 3 aromatic carbocycles. The Labute approximate surface area is 195 Å².